The number of rotatable bonds is 8. The molecule has 0 unspecified atom stereocenters. The first kappa shape index (κ1) is 17.4. The van der Waals surface area contributed by atoms with Crippen molar-refractivity contribution >= 4 is 21.6 Å². The van der Waals surface area contributed by atoms with Gasteiger partial charge in [0.15, 0.2) is 0 Å². The van der Waals surface area contributed by atoms with Crippen LogP contribution in [0, 0.1) is 0 Å². The SMILES string of the molecule is CC(C)NCCCS(=O)(=O)N(C)Cc1ccc(Cl)cc1. The first-order valence-corrected chi connectivity index (χ1v) is 8.72. The quantitative estimate of drug-likeness (QED) is 0.749. The fourth-order valence-electron chi connectivity index (χ4n) is 1.75. The molecule has 1 rings (SSSR count). The van der Waals surface area contributed by atoms with E-state index in [0.717, 1.165) is 5.56 Å². The highest BCUT2D eigenvalue weighted by Crippen LogP contribution is 2.12. The fraction of sp³-hybridized carbons (Fsp3) is 0.571. The second kappa shape index (κ2) is 7.98. The molecule has 0 aliphatic rings. The van der Waals surface area contributed by atoms with Gasteiger partial charge in [-0.05, 0) is 30.7 Å². The van der Waals surface area contributed by atoms with Gasteiger partial charge in [-0.1, -0.05) is 37.6 Å². The lowest BCUT2D eigenvalue weighted by Crippen LogP contribution is -2.31. The first-order valence-electron chi connectivity index (χ1n) is 6.73. The van der Waals surface area contributed by atoms with Crippen LogP contribution in [0.2, 0.25) is 5.02 Å². The van der Waals surface area contributed by atoms with E-state index in [1.165, 1.54) is 4.31 Å². The summed E-state index contributed by atoms with van der Waals surface area (Å²) in [5, 5.41) is 3.87. The van der Waals surface area contributed by atoms with Crippen molar-refractivity contribution in [3.05, 3.63) is 34.9 Å². The van der Waals surface area contributed by atoms with Crippen molar-refractivity contribution < 1.29 is 8.42 Å². The molecule has 0 aliphatic heterocycles. The molecule has 0 amide bonds. The van der Waals surface area contributed by atoms with Crippen LogP contribution in [0.4, 0.5) is 0 Å². The summed E-state index contributed by atoms with van der Waals surface area (Å²) < 4.78 is 25.6. The van der Waals surface area contributed by atoms with Crippen LogP contribution in [0.1, 0.15) is 25.8 Å². The fourth-order valence-corrected chi connectivity index (χ4v) is 3.04. The average Bonchev–Trinajstić information content (AvgIpc) is 2.37. The van der Waals surface area contributed by atoms with Crippen molar-refractivity contribution in [3.63, 3.8) is 0 Å². The Morgan fingerprint density at radius 1 is 1.25 bits per heavy atom. The topological polar surface area (TPSA) is 49.4 Å². The summed E-state index contributed by atoms with van der Waals surface area (Å²) in [6, 6.07) is 7.60. The molecule has 4 nitrogen and oxygen atoms in total. The number of sulfonamides is 1. The van der Waals surface area contributed by atoms with E-state index >= 15 is 0 Å². The second-order valence-electron chi connectivity index (χ2n) is 5.16. The van der Waals surface area contributed by atoms with Crippen LogP contribution < -0.4 is 5.32 Å². The zero-order valence-corrected chi connectivity index (χ0v) is 13.8. The maximum Gasteiger partial charge on any atom is 0.214 e. The van der Waals surface area contributed by atoms with Gasteiger partial charge >= 0.3 is 0 Å². The summed E-state index contributed by atoms with van der Waals surface area (Å²) in [4.78, 5) is 0. The molecule has 0 atom stereocenters. The Balaban J connectivity index is 2.48. The van der Waals surface area contributed by atoms with Crippen molar-refractivity contribution in [2.75, 3.05) is 19.3 Å². The molecule has 1 aromatic carbocycles. The molecule has 0 spiro atoms. The third kappa shape index (κ3) is 6.22. The van der Waals surface area contributed by atoms with Gasteiger partial charge in [0, 0.05) is 24.7 Å². The van der Waals surface area contributed by atoms with Crippen LogP contribution in [0.5, 0.6) is 0 Å². The summed E-state index contributed by atoms with van der Waals surface area (Å²) in [7, 11) is -1.60. The molecule has 0 saturated carbocycles. The first-order chi connectivity index (χ1) is 9.31. The number of hydrogen-bond acceptors (Lipinski definition) is 3. The Labute approximate surface area is 127 Å². The van der Waals surface area contributed by atoms with Gasteiger partial charge in [0.25, 0.3) is 0 Å². The summed E-state index contributed by atoms with van der Waals surface area (Å²) in [6.45, 7) is 5.17. The van der Waals surface area contributed by atoms with Crippen molar-refractivity contribution in [3.8, 4) is 0 Å². The van der Waals surface area contributed by atoms with E-state index in [4.69, 9.17) is 11.6 Å². The van der Waals surface area contributed by atoms with Gasteiger partial charge in [-0.3, -0.25) is 0 Å². The summed E-state index contributed by atoms with van der Waals surface area (Å²) in [5.74, 6) is 0.164. The Hall–Kier alpha value is -0.620. The van der Waals surface area contributed by atoms with Crippen molar-refractivity contribution in [1.29, 1.82) is 0 Å². The van der Waals surface area contributed by atoms with Gasteiger partial charge in [0.05, 0.1) is 5.75 Å². The Kier molecular flexibility index (Phi) is 6.95. The van der Waals surface area contributed by atoms with E-state index < -0.39 is 10.0 Å². The zero-order valence-electron chi connectivity index (χ0n) is 12.3. The van der Waals surface area contributed by atoms with E-state index in [1.807, 2.05) is 26.0 Å². The van der Waals surface area contributed by atoms with E-state index in [9.17, 15) is 8.42 Å². The zero-order chi connectivity index (χ0) is 15.2. The van der Waals surface area contributed by atoms with Crippen LogP contribution in [-0.2, 0) is 16.6 Å². The van der Waals surface area contributed by atoms with E-state index in [2.05, 4.69) is 5.32 Å². The van der Waals surface area contributed by atoms with Crippen LogP contribution in [0.15, 0.2) is 24.3 Å². The van der Waals surface area contributed by atoms with Gasteiger partial charge in [-0.15, -0.1) is 0 Å². The molecule has 0 saturated heterocycles. The van der Waals surface area contributed by atoms with Gasteiger partial charge in [0.1, 0.15) is 0 Å². The number of nitrogens with zero attached hydrogens (tertiary/aromatic N) is 1. The minimum absolute atomic E-state index is 0.164. The largest absolute Gasteiger partial charge is 0.314 e. The van der Waals surface area contributed by atoms with Gasteiger partial charge in [-0.2, -0.15) is 0 Å². The third-order valence-electron chi connectivity index (χ3n) is 2.93. The number of hydrogen-bond donors (Lipinski definition) is 1. The predicted octanol–water partition coefficient (Wildman–Crippen LogP) is 2.49. The van der Waals surface area contributed by atoms with Crippen LogP contribution in [0.25, 0.3) is 0 Å². The van der Waals surface area contributed by atoms with E-state index in [0.29, 0.717) is 30.6 Å². The molecule has 0 heterocycles. The summed E-state index contributed by atoms with van der Waals surface area (Å²) in [6.07, 6.45) is 0.617. The summed E-state index contributed by atoms with van der Waals surface area (Å²) in [5.41, 5.74) is 0.931. The van der Waals surface area contributed by atoms with Gasteiger partial charge < -0.3 is 5.32 Å². The van der Waals surface area contributed by atoms with Gasteiger partial charge in [0.2, 0.25) is 10.0 Å². The lowest BCUT2D eigenvalue weighted by Gasteiger charge is -2.17. The molecule has 0 aromatic heterocycles. The summed E-state index contributed by atoms with van der Waals surface area (Å²) >= 11 is 5.81. The number of halogens is 1. The van der Waals surface area contributed by atoms with E-state index in [1.54, 1.807) is 19.2 Å². The maximum absolute atomic E-state index is 12.1. The van der Waals surface area contributed by atoms with Crippen molar-refractivity contribution in [2.45, 2.75) is 32.9 Å². The standard InChI is InChI=1S/C14H23ClN2O2S/c1-12(2)16-9-4-10-20(18,19)17(3)11-13-5-7-14(15)8-6-13/h5-8,12,16H,4,9-11H2,1-3H3. The van der Waals surface area contributed by atoms with E-state index in [-0.39, 0.29) is 5.75 Å². The smallest absolute Gasteiger partial charge is 0.214 e. The van der Waals surface area contributed by atoms with Crippen LogP contribution in [-0.4, -0.2) is 38.1 Å². The minimum atomic E-state index is -3.21. The Bertz CT molecular complexity index is 500. The third-order valence-corrected chi connectivity index (χ3v) is 5.06. The van der Waals surface area contributed by atoms with Gasteiger partial charge in [-0.25, -0.2) is 12.7 Å². The van der Waals surface area contributed by atoms with Crippen LogP contribution >= 0.6 is 11.6 Å². The highest BCUT2D eigenvalue weighted by atomic mass is 35.5. The second-order valence-corrected chi connectivity index (χ2v) is 7.79. The molecular weight excluding hydrogens is 296 g/mol. The molecule has 1 aromatic rings. The van der Waals surface area contributed by atoms with Crippen LogP contribution in [0.3, 0.4) is 0 Å². The lowest BCUT2D eigenvalue weighted by molar-refractivity contribution is 0.463. The molecule has 0 bridgehead atoms. The Morgan fingerprint density at radius 2 is 1.85 bits per heavy atom. The lowest BCUT2D eigenvalue weighted by atomic mass is 10.2. The molecule has 0 fully saturated rings. The predicted molar refractivity (Wildman–Crippen MR) is 84.5 cm³/mol. The Morgan fingerprint density at radius 3 is 2.40 bits per heavy atom. The molecular formula is C14H23ClN2O2S. The molecule has 1 N–H and O–H groups in total. The average molecular weight is 319 g/mol. The van der Waals surface area contributed by atoms with Crippen molar-refractivity contribution in [1.82, 2.24) is 9.62 Å². The number of nitrogens with one attached hydrogen (secondary N) is 1. The number of benzene rings is 1. The highest BCUT2D eigenvalue weighted by Gasteiger charge is 2.17. The maximum atomic E-state index is 12.1. The molecule has 20 heavy (non-hydrogen) atoms. The normalized spacial score (nSPS) is 12.3. The highest BCUT2D eigenvalue weighted by molar-refractivity contribution is 7.89. The van der Waals surface area contributed by atoms with Crippen molar-refractivity contribution in [2.24, 2.45) is 0 Å². The minimum Gasteiger partial charge on any atom is -0.314 e. The molecule has 0 aliphatic carbocycles. The molecule has 6 heteroatoms. The monoisotopic (exact) mass is 318 g/mol. The molecule has 114 valence electrons. The molecule has 0 radical (unpaired) electrons.